The number of amides is 2. The number of H-pyrrole nitrogens is 1. The molecule has 61 heavy (non-hydrogen) atoms. The van der Waals surface area contributed by atoms with E-state index in [1.807, 2.05) is 61.3 Å². The van der Waals surface area contributed by atoms with E-state index in [2.05, 4.69) is 26.8 Å². The second-order valence-electron chi connectivity index (χ2n) is 15.9. The molecule has 0 radical (unpaired) electrons. The van der Waals surface area contributed by atoms with E-state index in [-0.39, 0.29) is 46.3 Å². The number of phenols is 2. The number of rotatable bonds is 8. The van der Waals surface area contributed by atoms with Crippen molar-refractivity contribution in [2.45, 2.75) is 52.5 Å². The number of hydrogen-bond acceptors (Lipinski definition) is 8. The number of hydrogen-bond donors (Lipinski definition) is 3. The molecular weight excluding hydrogens is 780 g/mol. The van der Waals surface area contributed by atoms with Gasteiger partial charge in [-0.2, -0.15) is 10.2 Å². The molecule has 3 N–H and O–H groups in total. The molecule has 1 aliphatic carbocycles. The predicted octanol–water partition coefficient (Wildman–Crippen LogP) is 6.09. The van der Waals surface area contributed by atoms with Crippen LogP contribution in [0.4, 0.5) is 4.39 Å². The van der Waals surface area contributed by atoms with Crippen LogP contribution in [-0.4, -0.2) is 87.1 Å². The predicted molar refractivity (Wildman–Crippen MR) is 230 cm³/mol. The largest absolute Gasteiger partial charge is 0.508 e. The highest BCUT2D eigenvalue weighted by molar-refractivity contribution is 5.95. The molecule has 9 rings (SSSR count). The van der Waals surface area contributed by atoms with Crippen LogP contribution in [0.2, 0.25) is 0 Å². The molecule has 1 saturated carbocycles. The van der Waals surface area contributed by atoms with Crippen molar-refractivity contribution in [3.05, 3.63) is 134 Å². The topological polar surface area (TPSA) is 172 Å². The monoisotopic (exact) mass is 826 g/mol. The van der Waals surface area contributed by atoms with Crippen LogP contribution in [0.15, 0.2) is 94.6 Å². The molecule has 7 aromatic rings. The van der Waals surface area contributed by atoms with Gasteiger partial charge >= 0.3 is 5.69 Å². The molecular formula is C46H47FN8O6. The first-order valence-corrected chi connectivity index (χ1v) is 20.5. The Hall–Kier alpha value is -7.03. The van der Waals surface area contributed by atoms with Crippen molar-refractivity contribution in [1.82, 2.24) is 38.9 Å². The van der Waals surface area contributed by atoms with Crippen LogP contribution in [0.1, 0.15) is 66.7 Å². The smallest absolute Gasteiger partial charge is 0.348 e. The molecule has 0 bridgehead atoms. The van der Waals surface area contributed by atoms with Gasteiger partial charge in [0.2, 0.25) is 5.91 Å². The van der Waals surface area contributed by atoms with Crippen LogP contribution in [0, 0.1) is 11.7 Å². The fourth-order valence-corrected chi connectivity index (χ4v) is 7.99. The van der Waals surface area contributed by atoms with Gasteiger partial charge in [-0.25, -0.2) is 23.5 Å². The van der Waals surface area contributed by atoms with Gasteiger partial charge in [-0.3, -0.25) is 14.4 Å². The van der Waals surface area contributed by atoms with Crippen molar-refractivity contribution in [1.29, 1.82) is 0 Å². The van der Waals surface area contributed by atoms with E-state index in [0.717, 1.165) is 41.2 Å². The van der Waals surface area contributed by atoms with Gasteiger partial charge in [-0.1, -0.05) is 38.1 Å². The van der Waals surface area contributed by atoms with Crippen LogP contribution < -0.4 is 11.2 Å². The van der Waals surface area contributed by atoms with Gasteiger partial charge in [0.25, 0.3) is 11.5 Å². The van der Waals surface area contributed by atoms with E-state index in [0.29, 0.717) is 66.3 Å². The van der Waals surface area contributed by atoms with Crippen LogP contribution in [-0.2, 0) is 24.8 Å². The first-order chi connectivity index (χ1) is 29.3. The fraction of sp³-hybridized carbons (Fsp3) is 0.304. The number of benzene rings is 4. The van der Waals surface area contributed by atoms with E-state index >= 15 is 0 Å². The number of carbonyl (C=O) groups is 2. The van der Waals surface area contributed by atoms with Gasteiger partial charge in [-0.15, -0.1) is 0 Å². The van der Waals surface area contributed by atoms with E-state index < -0.39 is 11.5 Å². The highest BCUT2D eigenvalue weighted by atomic mass is 19.1. The maximum absolute atomic E-state index is 14.6. The lowest BCUT2D eigenvalue weighted by Crippen LogP contribution is -2.51. The molecule has 4 aromatic carbocycles. The number of carbonyl (C=O) groups excluding carboxylic acids is 2. The first-order valence-electron chi connectivity index (χ1n) is 20.5. The average Bonchev–Trinajstić information content (AvgIpc) is 3.92. The first kappa shape index (κ1) is 40.7. The third-order valence-electron chi connectivity index (χ3n) is 11.5. The highest BCUT2D eigenvalue weighted by Gasteiger charge is 2.35. The molecule has 0 spiro atoms. The Balaban J connectivity index is 0.000000171. The zero-order valence-electron chi connectivity index (χ0n) is 34.4. The summed E-state index contributed by atoms with van der Waals surface area (Å²) in [6.07, 6.45) is 4.28. The fourth-order valence-electron chi connectivity index (χ4n) is 7.99. The summed E-state index contributed by atoms with van der Waals surface area (Å²) in [5, 5.41) is 33.8. The van der Waals surface area contributed by atoms with Crippen molar-refractivity contribution >= 4 is 33.5 Å². The number of nitrogens with zero attached hydrogens (tertiary/aromatic N) is 7. The summed E-state index contributed by atoms with van der Waals surface area (Å²) in [6.45, 7) is 8.58. The van der Waals surface area contributed by atoms with Gasteiger partial charge in [0.1, 0.15) is 17.3 Å². The summed E-state index contributed by atoms with van der Waals surface area (Å²) < 4.78 is 19.5. The summed E-state index contributed by atoms with van der Waals surface area (Å²) in [7, 11) is 1.60. The Kier molecular flexibility index (Phi) is 11.1. The van der Waals surface area contributed by atoms with E-state index in [4.69, 9.17) is 0 Å². The van der Waals surface area contributed by atoms with Crippen LogP contribution >= 0.6 is 0 Å². The summed E-state index contributed by atoms with van der Waals surface area (Å²) in [5.74, 6) is -0.397. The van der Waals surface area contributed by atoms with Gasteiger partial charge in [-0.05, 0) is 85.3 Å². The van der Waals surface area contributed by atoms with Crippen molar-refractivity contribution in [3.63, 3.8) is 0 Å². The van der Waals surface area contributed by atoms with Crippen molar-refractivity contribution in [2.75, 3.05) is 26.2 Å². The Morgan fingerprint density at radius 2 is 1.61 bits per heavy atom. The molecule has 3 aromatic heterocycles. The zero-order valence-corrected chi connectivity index (χ0v) is 34.4. The van der Waals surface area contributed by atoms with Crippen LogP contribution in [0.25, 0.3) is 38.8 Å². The Morgan fingerprint density at radius 1 is 0.885 bits per heavy atom. The molecule has 2 aliphatic rings. The quantitative estimate of drug-likeness (QED) is 0.165. The number of phenolic OH excluding ortho intramolecular Hbond substituents is 2. The summed E-state index contributed by atoms with van der Waals surface area (Å²) in [4.78, 5) is 53.6. The van der Waals surface area contributed by atoms with Gasteiger partial charge in [0.15, 0.2) is 5.82 Å². The minimum Gasteiger partial charge on any atom is -0.508 e. The minimum atomic E-state index is -0.571. The standard InChI is InChI=1S/C25H25FN4O3.C21H22N4O3/c1-28-24(32)19-5-3-2-4-18(19)22(27-28)15-16-6-9-21(26)20(14-16)25(33)30-12-10-29(11-13-30)23(31)17-7-8-17;1-4-24-8-7-13-9-14(5-6-17(13)24)25-20(22-23-21(25)28)16-10-15(12(2)3)18(26)11-19(16)27/h2-6,9,14,17H,7-8,10-13,15H2,1H3;5-12,26-27H,4H2,1-3H3,(H,23,28). The van der Waals surface area contributed by atoms with E-state index in [9.17, 15) is 33.8 Å². The number of aromatic hydroxyl groups is 2. The third kappa shape index (κ3) is 8.02. The SMILES string of the molecule is CCn1ccc2cc(-n3c(-c4cc(C(C)C)c(O)cc4O)n[nH]c3=O)ccc21.Cn1nc(Cc2ccc(F)c(C(=O)N3CCN(C(=O)C4CC4)CC3)c2)c2ccccc2c1=O. The lowest BCUT2D eigenvalue weighted by atomic mass is 9.98. The average molecular weight is 827 g/mol. The summed E-state index contributed by atoms with van der Waals surface area (Å²) >= 11 is 0. The normalized spacial score (nSPS) is 14.1. The van der Waals surface area contributed by atoms with Gasteiger partial charge < -0.3 is 24.6 Å². The lowest BCUT2D eigenvalue weighted by molar-refractivity contribution is -0.134. The number of halogens is 1. The number of aromatic amines is 1. The minimum absolute atomic E-state index is 0.0167. The molecule has 2 amide bonds. The molecule has 2 fully saturated rings. The number of nitrogens with one attached hydrogen (secondary N) is 1. The summed E-state index contributed by atoms with van der Waals surface area (Å²) in [5.41, 5.74) is 3.64. The number of aryl methyl sites for hydroxylation is 2. The van der Waals surface area contributed by atoms with Crippen molar-refractivity contribution < 1.29 is 24.2 Å². The Labute approximate surface area is 350 Å². The number of piperazine rings is 1. The number of fused-ring (bicyclic) bond motifs is 2. The van der Waals surface area contributed by atoms with Crippen LogP contribution in [0.3, 0.4) is 0 Å². The zero-order chi connectivity index (χ0) is 43.1. The molecule has 1 aliphatic heterocycles. The molecule has 15 heteroatoms. The maximum atomic E-state index is 14.6. The van der Waals surface area contributed by atoms with Crippen molar-refractivity contribution in [2.24, 2.45) is 13.0 Å². The lowest BCUT2D eigenvalue weighted by Gasteiger charge is -2.35. The van der Waals surface area contributed by atoms with Gasteiger partial charge in [0, 0.05) is 80.7 Å². The molecule has 0 unspecified atom stereocenters. The number of aromatic nitrogens is 6. The molecule has 314 valence electrons. The molecule has 0 atom stereocenters. The Bertz CT molecular complexity index is 2930. The van der Waals surface area contributed by atoms with E-state index in [1.54, 1.807) is 42.3 Å². The molecule has 14 nitrogen and oxygen atoms in total. The Morgan fingerprint density at radius 3 is 2.31 bits per heavy atom. The van der Waals surface area contributed by atoms with Crippen LogP contribution in [0.5, 0.6) is 11.5 Å². The second kappa shape index (κ2) is 16.6. The van der Waals surface area contributed by atoms with E-state index in [1.165, 1.54) is 21.4 Å². The highest BCUT2D eigenvalue weighted by Crippen LogP contribution is 2.37. The maximum Gasteiger partial charge on any atom is 0.348 e. The van der Waals surface area contributed by atoms with Crippen molar-refractivity contribution in [3.8, 4) is 28.6 Å². The molecule has 1 saturated heterocycles. The third-order valence-corrected chi connectivity index (χ3v) is 11.5. The molecule has 4 heterocycles. The second-order valence-corrected chi connectivity index (χ2v) is 15.9. The van der Waals surface area contributed by atoms with Gasteiger partial charge in [0.05, 0.1) is 27.9 Å². The summed E-state index contributed by atoms with van der Waals surface area (Å²) in [6, 6.07) is 22.5.